The van der Waals surface area contributed by atoms with Gasteiger partial charge in [0.05, 0.1) is 14.2 Å². The topological polar surface area (TPSA) is 105 Å². The Balaban J connectivity index is 2.02. The van der Waals surface area contributed by atoms with Gasteiger partial charge in [-0.2, -0.15) is 0 Å². The molecular formula is C23H25N3O5. The first-order valence-corrected chi connectivity index (χ1v) is 9.63. The summed E-state index contributed by atoms with van der Waals surface area (Å²) in [6.45, 7) is 4.30. The molecule has 0 unspecified atom stereocenters. The van der Waals surface area contributed by atoms with E-state index in [-0.39, 0.29) is 11.5 Å². The average molecular weight is 423 g/mol. The van der Waals surface area contributed by atoms with E-state index in [9.17, 15) is 14.7 Å². The number of hydrogen-bond donors (Lipinski definition) is 2. The first-order valence-electron chi connectivity index (χ1n) is 9.63. The lowest BCUT2D eigenvalue weighted by Crippen LogP contribution is -2.29. The predicted octanol–water partition coefficient (Wildman–Crippen LogP) is 3.05. The Labute approximate surface area is 180 Å². The summed E-state index contributed by atoms with van der Waals surface area (Å²) in [5.74, 6) is -0.475. The minimum atomic E-state index is -0.833. The van der Waals surface area contributed by atoms with Crippen LogP contribution in [-0.4, -0.2) is 47.1 Å². The summed E-state index contributed by atoms with van der Waals surface area (Å²) < 4.78 is 10.7. The van der Waals surface area contributed by atoms with E-state index in [1.165, 1.54) is 19.1 Å². The Morgan fingerprint density at radius 3 is 2.32 bits per heavy atom. The highest BCUT2D eigenvalue weighted by Gasteiger charge is 2.24. The molecule has 3 aromatic rings. The van der Waals surface area contributed by atoms with Gasteiger partial charge in [0.2, 0.25) is 5.75 Å². The van der Waals surface area contributed by atoms with Crippen molar-refractivity contribution in [2.24, 2.45) is 0 Å². The molecule has 0 radical (unpaired) electrons. The summed E-state index contributed by atoms with van der Waals surface area (Å²) in [6.07, 6.45) is 0. The van der Waals surface area contributed by atoms with E-state index >= 15 is 0 Å². The van der Waals surface area contributed by atoms with Gasteiger partial charge >= 0.3 is 0 Å². The fraction of sp³-hybridized carbons (Fsp3) is 0.261. The van der Waals surface area contributed by atoms with Gasteiger partial charge in [-0.05, 0) is 42.7 Å². The van der Waals surface area contributed by atoms with E-state index in [0.29, 0.717) is 23.6 Å². The van der Waals surface area contributed by atoms with Crippen molar-refractivity contribution in [3.05, 3.63) is 69.1 Å². The normalized spacial score (nSPS) is 10.6. The quantitative estimate of drug-likeness (QED) is 0.631. The van der Waals surface area contributed by atoms with Crippen LogP contribution in [0.3, 0.4) is 0 Å². The Morgan fingerprint density at radius 1 is 1.10 bits per heavy atom. The monoisotopic (exact) mass is 423 g/mol. The zero-order valence-corrected chi connectivity index (χ0v) is 18.1. The molecule has 8 nitrogen and oxygen atoms in total. The molecule has 0 aliphatic heterocycles. The van der Waals surface area contributed by atoms with Crippen LogP contribution in [0.5, 0.6) is 17.2 Å². The van der Waals surface area contributed by atoms with E-state index in [1.807, 2.05) is 32.0 Å². The molecule has 0 bridgehead atoms. The number of aromatic hydroxyl groups is 1. The largest absolute Gasteiger partial charge is 0.501 e. The van der Waals surface area contributed by atoms with Gasteiger partial charge in [-0.15, -0.1) is 0 Å². The zero-order valence-electron chi connectivity index (χ0n) is 18.1. The third-order valence-electron chi connectivity index (χ3n) is 5.10. The summed E-state index contributed by atoms with van der Waals surface area (Å²) >= 11 is 0. The molecule has 3 rings (SSSR count). The van der Waals surface area contributed by atoms with Gasteiger partial charge in [0.25, 0.3) is 11.5 Å². The number of benzene rings is 2. The minimum Gasteiger partial charge on any atom is -0.501 e. The van der Waals surface area contributed by atoms with E-state index in [1.54, 1.807) is 25.2 Å². The van der Waals surface area contributed by atoms with Crippen LogP contribution in [0.1, 0.15) is 27.2 Å². The number of H-pyrrole nitrogens is 1. The molecule has 162 valence electrons. The van der Waals surface area contributed by atoms with Crippen LogP contribution in [0.15, 0.2) is 41.2 Å². The molecule has 1 heterocycles. The Bertz CT molecular complexity index is 1160. The maximum Gasteiger partial charge on any atom is 0.294 e. The van der Waals surface area contributed by atoms with Gasteiger partial charge in [0.1, 0.15) is 22.9 Å². The number of aryl methyl sites for hydroxylation is 2. The third-order valence-corrected chi connectivity index (χ3v) is 5.10. The van der Waals surface area contributed by atoms with Gasteiger partial charge in [-0.3, -0.25) is 9.59 Å². The van der Waals surface area contributed by atoms with Gasteiger partial charge in [0.15, 0.2) is 5.69 Å². The molecule has 8 heteroatoms. The van der Waals surface area contributed by atoms with Crippen LogP contribution >= 0.6 is 0 Å². The molecule has 2 aromatic carbocycles. The van der Waals surface area contributed by atoms with Crippen LogP contribution in [0, 0.1) is 13.8 Å². The number of hydrogen-bond acceptors (Lipinski definition) is 6. The van der Waals surface area contributed by atoms with Gasteiger partial charge in [0, 0.05) is 13.6 Å². The number of amides is 1. The number of carbonyl (C=O) groups is 1. The fourth-order valence-corrected chi connectivity index (χ4v) is 3.25. The highest BCUT2D eigenvalue weighted by atomic mass is 16.5. The molecule has 1 amide bonds. The molecule has 2 N–H and O–H groups in total. The van der Waals surface area contributed by atoms with Crippen LogP contribution in [0.2, 0.25) is 0 Å². The van der Waals surface area contributed by atoms with Crippen molar-refractivity contribution >= 4 is 5.91 Å². The van der Waals surface area contributed by atoms with Gasteiger partial charge in [-0.1, -0.05) is 24.3 Å². The number of aromatic nitrogens is 2. The summed E-state index contributed by atoms with van der Waals surface area (Å²) in [5.41, 5.74) is 2.38. The van der Waals surface area contributed by atoms with Crippen molar-refractivity contribution < 1.29 is 19.4 Å². The van der Waals surface area contributed by atoms with E-state index in [4.69, 9.17) is 9.47 Å². The Morgan fingerprint density at radius 2 is 1.74 bits per heavy atom. The first kappa shape index (κ1) is 21.9. The molecule has 0 aliphatic rings. The summed E-state index contributed by atoms with van der Waals surface area (Å²) in [4.78, 5) is 33.6. The number of nitrogens with zero attached hydrogens (tertiary/aromatic N) is 2. The standard InChI is InChI=1S/C23H25N3O5/c1-13-9-10-15(11-14(13)2)12-26(3)23(29)19-20(27)22(28)25-21(24-19)18-16(30-4)7-6-8-17(18)31-5/h6-11,27H,12H2,1-5H3,(H,24,25,28). The second-order valence-electron chi connectivity index (χ2n) is 7.23. The van der Waals surface area contributed by atoms with E-state index < -0.39 is 17.2 Å². The number of nitrogens with one attached hydrogen (secondary N) is 1. The number of ether oxygens (including phenoxy) is 2. The summed E-state index contributed by atoms with van der Waals surface area (Å²) in [5, 5.41) is 10.3. The average Bonchev–Trinajstić information content (AvgIpc) is 2.76. The number of aromatic amines is 1. The molecule has 0 fully saturated rings. The highest BCUT2D eigenvalue weighted by molar-refractivity contribution is 5.95. The van der Waals surface area contributed by atoms with E-state index in [0.717, 1.165) is 16.7 Å². The minimum absolute atomic E-state index is 0.0556. The molecular weight excluding hydrogens is 398 g/mol. The second kappa shape index (κ2) is 8.91. The number of rotatable bonds is 6. The SMILES string of the molecule is COc1cccc(OC)c1-c1nc(C(=O)N(C)Cc2ccc(C)c(C)c2)c(O)c(=O)[nH]1. The first-order chi connectivity index (χ1) is 14.8. The maximum atomic E-state index is 13.1. The second-order valence-corrected chi connectivity index (χ2v) is 7.23. The van der Waals surface area contributed by atoms with Crippen molar-refractivity contribution in [2.75, 3.05) is 21.3 Å². The lowest BCUT2D eigenvalue weighted by molar-refractivity contribution is 0.0775. The number of carbonyl (C=O) groups excluding carboxylic acids is 1. The smallest absolute Gasteiger partial charge is 0.294 e. The van der Waals surface area contributed by atoms with Crippen molar-refractivity contribution in [1.29, 1.82) is 0 Å². The maximum absolute atomic E-state index is 13.1. The molecule has 1 aromatic heterocycles. The molecule has 31 heavy (non-hydrogen) atoms. The molecule has 0 saturated carbocycles. The number of methoxy groups -OCH3 is 2. The van der Waals surface area contributed by atoms with Crippen molar-refractivity contribution in [2.45, 2.75) is 20.4 Å². The van der Waals surface area contributed by atoms with E-state index in [2.05, 4.69) is 9.97 Å². The fourth-order valence-electron chi connectivity index (χ4n) is 3.25. The molecule has 0 spiro atoms. The lowest BCUT2D eigenvalue weighted by Gasteiger charge is -2.19. The highest BCUT2D eigenvalue weighted by Crippen LogP contribution is 2.36. The summed E-state index contributed by atoms with van der Waals surface area (Å²) in [6, 6.07) is 11.0. The zero-order chi connectivity index (χ0) is 22.7. The third kappa shape index (κ3) is 4.37. The van der Waals surface area contributed by atoms with Crippen LogP contribution in [-0.2, 0) is 6.54 Å². The predicted molar refractivity (Wildman–Crippen MR) is 117 cm³/mol. The van der Waals surface area contributed by atoms with Crippen LogP contribution in [0.25, 0.3) is 11.4 Å². The van der Waals surface area contributed by atoms with Crippen LogP contribution in [0.4, 0.5) is 0 Å². The molecule has 0 atom stereocenters. The Kier molecular flexibility index (Phi) is 6.29. The van der Waals surface area contributed by atoms with Crippen LogP contribution < -0.4 is 15.0 Å². The van der Waals surface area contributed by atoms with Gasteiger partial charge in [-0.25, -0.2) is 4.98 Å². The Hall–Kier alpha value is -3.81. The summed E-state index contributed by atoms with van der Waals surface area (Å²) in [7, 11) is 4.53. The van der Waals surface area contributed by atoms with Gasteiger partial charge < -0.3 is 24.5 Å². The van der Waals surface area contributed by atoms with Crippen molar-refractivity contribution in [1.82, 2.24) is 14.9 Å². The lowest BCUT2D eigenvalue weighted by atomic mass is 10.1. The van der Waals surface area contributed by atoms with Crippen molar-refractivity contribution in [3.63, 3.8) is 0 Å². The van der Waals surface area contributed by atoms with Crippen molar-refractivity contribution in [3.8, 4) is 28.6 Å². The molecule has 0 saturated heterocycles. The molecule has 0 aliphatic carbocycles.